The lowest BCUT2D eigenvalue weighted by Gasteiger charge is -2.08. The van der Waals surface area contributed by atoms with Gasteiger partial charge in [0.1, 0.15) is 18.7 Å². The second-order valence-electron chi connectivity index (χ2n) is 3.12. The Kier molecular flexibility index (Phi) is 3.21. The number of methoxy groups -OCH3 is 1. The summed E-state index contributed by atoms with van der Waals surface area (Å²) in [5.41, 5.74) is 0.834. The average Bonchev–Trinajstić information content (AvgIpc) is 2.76. The molecule has 0 aliphatic carbocycles. The maximum atomic E-state index is 9.10. The Morgan fingerprint density at radius 1 is 1.44 bits per heavy atom. The van der Waals surface area contributed by atoms with Crippen LogP contribution in [0.25, 0.3) is 5.69 Å². The van der Waals surface area contributed by atoms with Gasteiger partial charge in [-0.15, -0.1) is 10.2 Å². The minimum Gasteiger partial charge on any atom is -0.497 e. The van der Waals surface area contributed by atoms with Crippen molar-refractivity contribution in [2.75, 3.05) is 7.11 Å². The summed E-state index contributed by atoms with van der Waals surface area (Å²) in [4.78, 5) is 0. The molecule has 0 bridgehead atoms. The van der Waals surface area contributed by atoms with Crippen molar-refractivity contribution in [2.45, 2.75) is 6.61 Å². The quantitative estimate of drug-likeness (QED) is 0.928. The molecule has 6 heteroatoms. The summed E-state index contributed by atoms with van der Waals surface area (Å²) in [6.45, 7) is -0.158. The molecule has 0 amide bonds. The SMILES string of the molecule is COc1cc(Br)cc(-n2cnnc2CO)c1. The molecule has 0 spiro atoms. The first-order chi connectivity index (χ1) is 7.74. The topological polar surface area (TPSA) is 60.2 Å². The van der Waals surface area contributed by atoms with Crippen LogP contribution in [0.1, 0.15) is 5.82 Å². The molecule has 0 saturated heterocycles. The fourth-order valence-corrected chi connectivity index (χ4v) is 1.85. The highest BCUT2D eigenvalue weighted by atomic mass is 79.9. The second-order valence-corrected chi connectivity index (χ2v) is 4.04. The third-order valence-electron chi connectivity index (χ3n) is 2.13. The number of halogens is 1. The van der Waals surface area contributed by atoms with Crippen molar-refractivity contribution in [2.24, 2.45) is 0 Å². The number of aliphatic hydroxyl groups excluding tert-OH is 1. The molecule has 16 heavy (non-hydrogen) atoms. The van der Waals surface area contributed by atoms with E-state index in [9.17, 15) is 0 Å². The lowest BCUT2D eigenvalue weighted by Crippen LogP contribution is -2.00. The Morgan fingerprint density at radius 3 is 2.94 bits per heavy atom. The summed E-state index contributed by atoms with van der Waals surface area (Å²) in [7, 11) is 1.60. The minimum absolute atomic E-state index is 0.158. The van der Waals surface area contributed by atoms with E-state index in [2.05, 4.69) is 26.1 Å². The van der Waals surface area contributed by atoms with Crippen LogP contribution in [0.4, 0.5) is 0 Å². The van der Waals surface area contributed by atoms with E-state index in [0.29, 0.717) is 5.82 Å². The molecule has 1 aromatic heterocycles. The maximum Gasteiger partial charge on any atom is 0.163 e. The van der Waals surface area contributed by atoms with Gasteiger partial charge >= 0.3 is 0 Å². The van der Waals surface area contributed by atoms with Crippen molar-refractivity contribution in [1.29, 1.82) is 0 Å². The molecule has 0 atom stereocenters. The molecule has 0 aliphatic heterocycles. The molecule has 0 aliphatic rings. The fourth-order valence-electron chi connectivity index (χ4n) is 1.39. The van der Waals surface area contributed by atoms with E-state index in [1.165, 1.54) is 0 Å². The molecule has 1 N–H and O–H groups in total. The van der Waals surface area contributed by atoms with Crippen LogP contribution in [0.3, 0.4) is 0 Å². The molecule has 2 rings (SSSR count). The van der Waals surface area contributed by atoms with Crippen LogP contribution < -0.4 is 4.74 Å². The Labute approximate surface area is 101 Å². The molecular formula is C10H10BrN3O2. The highest BCUT2D eigenvalue weighted by Gasteiger charge is 2.07. The number of aromatic nitrogens is 3. The molecule has 0 radical (unpaired) electrons. The van der Waals surface area contributed by atoms with E-state index >= 15 is 0 Å². The maximum absolute atomic E-state index is 9.10. The molecule has 5 nitrogen and oxygen atoms in total. The van der Waals surface area contributed by atoms with Crippen molar-refractivity contribution in [3.8, 4) is 11.4 Å². The highest BCUT2D eigenvalue weighted by Crippen LogP contribution is 2.24. The Bertz CT molecular complexity index is 499. The van der Waals surface area contributed by atoms with Crippen LogP contribution >= 0.6 is 15.9 Å². The van der Waals surface area contributed by atoms with Gasteiger partial charge in [0, 0.05) is 10.5 Å². The lowest BCUT2D eigenvalue weighted by atomic mass is 10.3. The molecule has 1 heterocycles. The Morgan fingerprint density at radius 2 is 2.25 bits per heavy atom. The largest absolute Gasteiger partial charge is 0.497 e. The first kappa shape index (κ1) is 11.1. The van der Waals surface area contributed by atoms with Crippen LogP contribution in [0.15, 0.2) is 29.0 Å². The third-order valence-corrected chi connectivity index (χ3v) is 2.59. The smallest absolute Gasteiger partial charge is 0.163 e. The van der Waals surface area contributed by atoms with Crippen LogP contribution in [0.2, 0.25) is 0 Å². The van der Waals surface area contributed by atoms with Crippen LogP contribution in [-0.2, 0) is 6.61 Å². The normalized spacial score (nSPS) is 10.4. The number of rotatable bonds is 3. The predicted octanol–water partition coefficient (Wildman–Crippen LogP) is 1.53. The molecule has 84 valence electrons. The van der Waals surface area contributed by atoms with Gasteiger partial charge in [0.05, 0.1) is 12.8 Å². The molecule has 0 unspecified atom stereocenters. The van der Waals surface area contributed by atoms with Gasteiger partial charge in [0.15, 0.2) is 5.82 Å². The molecular weight excluding hydrogens is 274 g/mol. The average molecular weight is 284 g/mol. The number of hydrogen-bond donors (Lipinski definition) is 1. The predicted molar refractivity (Wildman–Crippen MR) is 61.5 cm³/mol. The summed E-state index contributed by atoms with van der Waals surface area (Å²) in [5.74, 6) is 1.21. The number of benzene rings is 1. The van der Waals surface area contributed by atoms with Gasteiger partial charge in [-0.25, -0.2) is 0 Å². The van der Waals surface area contributed by atoms with Gasteiger partial charge in [-0.05, 0) is 12.1 Å². The zero-order valence-electron chi connectivity index (χ0n) is 8.59. The highest BCUT2D eigenvalue weighted by molar-refractivity contribution is 9.10. The second kappa shape index (κ2) is 4.63. The van der Waals surface area contributed by atoms with E-state index in [1.54, 1.807) is 18.0 Å². The van der Waals surface area contributed by atoms with E-state index in [-0.39, 0.29) is 6.61 Å². The van der Waals surface area contributed by atoms with Crippen LogP contribution in [0, 0.1) is 0 Å². The summed E-state index contributed by atoms with van der Waals surface area (Å²) in [6.07, 6.45) is 1.55. The van der Waals surface area contributed by atoms with Crippen molar-refractivity contribution >= 4 is 15.9 Å². The van der Waals surface area contributed by atoms with Gasteiger partial charge in [0.25, 0.3) is 0 Å². The van der Waals surface area contributed by atoms with E-state index in [0.717, 1.165) is 15.9 Å². The summed E-state index contributed by atoms with van der Waals surface area (Å²) >= 11 is 3.39. The van der Waals surface area contributed by atoms with Crippen LogP contribution in [-0.4, -0.2) is 27.0 Å². The molecule has 1 aromatic carbocycles. The van der Waals surface area contributed by atoms with Crippen LogP contribution in [0.5, 0.6) is 5.75 Å². The zero-order valence-corrected chi connectivity index (χ0v) is 10.2. The monoisotopic (exact) mass is 283 g/mol. The molecule has 0 saturated carbocycles. The molecule has 2 aromatic rings. The minimum atomic E-state index is -0.158. The van der Waals surface area contributed by atoms with Gasteiger partial charge in [0.2, 0.25) is 0 Å². The lowest BCUT2D eigenvalue weighted by molar-refractivity contribution is 0.269. The first-order valence-electron chi connectivity index (χ1n) is 4.59. The Hall–Kier alpha value is -1.40. The van der Waals surface area contributed by atoms with E-state index < -0.39 is 0 Å². The van der Waals surface area contributed by atoms with Gasteiger partial charge in [-0.1, -0.05) is 15.9 Å². The van der Waals surface area contributed by atoms with E-state index in [1.807, 2.05) is 18.2 Å². The first-order valence-corrected chi connectivity index (χ1v) is 5.38. The summed E-state index contributed by atoms with van der Waals surface area (Å²) in [5, 5.41) is 16.7. The van der Waals surface area contributed by atoms with E-state index in [4.69, 9.17) is 9.84 Å². The van der Waals surface area contributed by atoms with Crippen molar-refractivity contribution in [3.63, 3.8) is 0 Å². The Balaban J connectivity index is 2.51. The van der Waals surface area contributed by atoms with Crippen molar-refractivity contribution in [3.05, 3.63) is 34.8 Å². The summed E-state index contributed by atoms with van der Waals surface area (Å²) in [6, 6.07) is 5.59. The summed E-state index contributed by atoms with van der Waals surface area (Å²) < 4.78 is 7.75. The fraction of sp³-hybridized carbons (Fsp3) is 0.200. The van der Waals surface area contributed by atoms with Gasteiger partial charge in [-0.3, -0.25) is 4.57 Å². The number of aliphatic hydroxyl groups is 1. The molecule has 0 fully saturated rings. The van der Waals surface area contributed by atoms with Gasteiger partial charge < -0.3 is 9.84 Å². The van der Waals surface area contributed by atoms with Crippen molar-refractivity contribution < 1.29 is 9.84 Å². The standard InChI is InChI=1S/C10H10BrN3O2/c1-16-9-3-7(11)2-8(4-9)14-6-12-13-10(14)5-15/h2-4,6,15H,5H2,1H3. The zero-order chi connectivity index (χ0) is 11.5. The number of hydrogen-bond acceptors (Lipinski definition) is 4. The third kappa shape index (κ3) is 2.07. The number of ether oxygens (including phenoxy) is 1. The van der Waals surface area contributed by atoms with Gasteiger partial charge in [-0.2, -0.15) is 0 Å². The van der Waals surface area contributed by atoms with Crippen molar-refractivity contribution in [1.82, 2.24) is 14.8 Å². The number of nitrogens with zero attached hydrogens (tertiary/aromatic N) is 3.